The van der Waals surface area contributed by atoms with Crippen molar-refractivity contribution in [3.05, 3.63) is 29.8 Å². The van der Waals surface area contributed by atoms with Gasteiger partial charge in [0.25, 0.3) is 0 Å². The fourth-order valence-corrected chi connectivity index (χ4v) is 6.90. The van der Waals surface area contributed by atoms with Gasteiger partial charge in [-0.25, -0.2) is 0 Å². The number of carbonyl (C=O) groups is 1. The fraction of sp³-hybridized carbons (Fsp3) is 0.682. The first kappa shape index (κ1) is 16.6. The molecule has 0 spiro atoms. The van der Waals surface area contributed by atoms with Gasteiger partial charge < -0.3 is 14.4 Å². The number of ether oxygens (including phenoxy) is 2. The summed E-state index contributed by atoms with van der Waals surface area (Å²) in [7, 11) is 1.72. The molecule has 1 heterocycles. The molecule has 140 valence electrons. The monoisotopic (exact) mass is 355 g/mol. The first-order chi connectivity index (χ1) is 12.6. The van der Waals surface area contributed by atoms with E-state index in [-0.39, 0.29) is 10.8 Å². The van der Waals surface area contributed by atoms with E-state index < -0.39 is 0 Å². The minimum atomic E-state index is -0.124. The molecule has 1 amide bonds. The fourth-order valence-electron chi connectivity index (χ4n) is 6.90. The van der Waals surface area contributed by atoms with Crippen molar-refractivity contribution in [2.45, 2.75) is 43.9 Å². The zero-order chi connectivity index (χ0) is 17.8. The molecule has 1 aliphatic heterocycles. The summed E-state index contributed by atoms with van der Waals surface area (Å²) >= 11 is 0. The molecule has 0 N–H and O–H groups in total. The second-order valence-corrected chi connectivity index (χ2v) is 9.15. The van der Waals surface area contributed by atoms with Crippen LogP contribution in [0.4, 0.5) is 0 Å². The molecule has 4 saturated carbocycles. The average molecular weight is 355 g/mol. The van der Waals surface area contributed by atoms with E-state index in [1.54, 1.807) is 7.11 Å². The lowest BCUT2D eigenvalue weighted by atomic mass is 9.42. The number of hydrogen-bond acceptors (Lipinski definition) is 3. The molecule has 6 rings (SSSR count). The van der Waals surface area contributed by atoms with Crippen LogP contribution in [0, 0.1) is 17.3 Å². The summed E-state index contributed by atoms with van der Waals surface area (Å²) in [6.45, 7) is 2.92. The standard InChI is InChI=1S/C22H29NO3/c1-25-19-4-2-18(3-5-19)21-11-16-10-17(12-21)14-22(13-16,15-21)20(24)23-6-8-26-9-7-23/h2-5,16-17H,6-15H2,1H3/t16-,17-,21?,22?/m1/s1. The highest BCUT2D eigenvalue weighted by Crippen LogP contribution is 2.66. The molecular weight excluding hydrogens is 326 g/mol. The Morgan fingerprint density at radius 2 is 1.73 bits per heavy atom. The second-order valence-electron chi connectivity index (χ2n) is 9.15. The number of methoxy groups -OCH3 is 1. The number of morpholine rings is 1. The molecule has 26 heavy (non-hydrogen) atoms. The van der Waals surface area contributed by atoms with Crippen LogP contribution < -0.4 is 4.74 Å². The third-order valence-corrected chi connectivity index (χ3v) is 7.52. The predicted octanol–water partition coefficient (Wildman–Crippen LogP) is 3.39. The summed E-state index contributed by atoms with van der Waals surface area (Å²) in [6.07, 6.45) is 7.10. The summed E-state index contributed by atoms with van der Waals surface area (Å²) in [4.78, 5) is 15.7. The van der Waals surface area contributed by atoms with Gasteiger partial charge in [0.2, 0.25) is 5.91 Å². The minimum absolute atomic E-state index is 0.124. The van der Waals surface area contributed by atoms with Gasteiger partial charge in [-0.3, -0.25) is 4.79 Å². The van der Waals surface area contributed by atoms with Crippen molar-refractivity contribution in [2.24, 2.45) is 17.3 Å². The van der Waals surface area contributed by atoms with Crippen LogP contribution in [0.2, 0.25) is 0 Å². The summed E-state index contributed by atoms with van der Waals surface area (Å²) in [5, 5.41) is 0. The number of benzene rings is 1. The maximum absolute atomic E-state index is 13.6. The van der Waals surface area contributed by atoms with Crippen LogP contribution in [0.3, 0.4) is 0 Å². The van der Waals surface area contributed by atoms with Crippen LogP contribution in [-0.2, 0) is 14.9 Å². The normalized spacial score (nSPS) is 38.4. The van der Waals surface area contributed by atoms with Gasteiger partial charge in [-0.2, -0.15) is 0 Å². The quantitative estimate of drug-likeness (QED) is 0.834. The SMILES string of the molecule is COc1ccc(C23C[C@H]4C[C@@H](CC(C(=O)N5CCOCC5)(C4)C2)C3)cc1. The summed E-state index contributed by atoms with van der Waals surface area (Å²) in [6, 6.07) is 8.67. The Morgan fingerprint density at radius 1 is 1.08 bits per heavy atom. The Bertz CT molecular complexity index is 678. The van der Waals surface area contributed by atoms with Crippen molar-refractivity contribution < 1.29 is 14.3 Å². The van der Waals surface area contributed by atoms with E-state index in [9.17, 15) is 4.79 Å². The maximum atomic E-state index is 13.6. The minimum Gasteiger partial charge on any atom is -0.497 e. The molecule has 1 aromatic carbocycles. The van der Waals surface area contributed by atoms with Crippen molar-refractivity contribution in [1.82, 2.24) is 4.90 Å². The van der Waals surface area contributed by atoms with Crippen molar-refractivity contribution in [2.75, 3.05) is 33.4 Å². The van der Waals surface area contributed by atoms with Gasteiger partial charge in [0.1, 0.15) is 5.75 Å². The van der Waals surface area contributed by atoms with Crippen molar-refractivity contribution in [1.29, 1.82) is 0 Å². The van der Waals surface area contributed by atoms with E-state index in [4.69, 9.17) is 9.47 Å². The Balaban J connectivity index is 1.48. The third kappa shape index (κ3) is 2.49. The van der Waals surface area contributed by atoms with Crippen LogP contribution in [0.15, 0.2) is 24.3 Å². The highest BCUT2D eigenvalue weighted by atomic mass is 16.5. The Hall–Kier alpha value is -1.55. The van der Waals surface area contributed by atoms with Gasteiger partial charge in [0.15, 0.2) is 0 Å². The molecule has 1 aromatic rings. The highest BCUT2D eigenvalue weighted by Gasteiger charge is 2.61. The van der Waals surface area contributed by atoms with Crippen molar-refractivity contribution in [3.8, 4) is 5.75 Å². The number of nitrogens with zero attached hydrogens (tertiary/aromatic N) is 1. The average Bonchev–Trinajstić information content (AvgIpc) is 2.67. The number of carbonyl (C=O) groups excluding carboxylic acids is 1. The summed E-state index contributed by atoms with van der Waals surface area (Å²) < 4.78 is 10.8. The maximum Gasteiger partial charge on any atom is 0.228 e. The van der Waals surface area contributed by atoms with Crippen LogP contribution in [0.25, 0.3) is 0 Å². The largest absolute Gasteiger partial charge is 0.497 e. The number of rotatable bonds is 3. The molecule has 4 heteroatoms. The van der Waals surface area contributed by atoms with Gasteiger partial charge in [-0.15, -0.1) is 0 Å². The molecule has 5 fully saturated rings. The lowest BCUT2D eigenvalue weighted by Gasteiger charge is -2.62. The van der Waals surface area contributed by atoms with Gasteiger partial charge in [-0.05, 0) is 73.5 Å². The molecule has 4 nitrogen and oxygen atoms in total. The van der Waals surface area contributed by atoms with Crippen molar-refractivity contribution in [3.63, 3.8) is 0 Å². The number of amides is 1. The van der Waals surface area contributed by atoms with Crippen molar-refractivity contribution >= 4 is 5.91 Å². The molecule has 2 atom stereocenters. The van der Waals surface area contributed by atoms with Crippen LogP contribution >= 0.6 is 0 Å². The van der Waals surface area contributed by atoms with Gasteiger partial charge >= 0.3 is 0 Å². The summed E-state index contributed by atoms with van der Waals surface area (Å²) in [5.41, 5.74) is 1.49. The molecular formula is C22H29NO3. The smallest absolute Gasteiger partial charge is 0.228 e. The lowest BCUT2D eigenvalue weighted by molar-refractivity contribution is -0.164. The molecule has 1 saturated heterocycles. The van der Waals surface area contributed by atoms with Crippen LogP contribution in [-0.4, -0.2) is 44.2 Å². The van der Waals surface area contributed by atoms with Gasteiger partial charge in [-0.1, -0.05) is 12.1 Å². The van der Waals surface area contributed by atoms with E-state index >= 15 is 0 Å². The number of hydrogen-bond donors (Lipinski definition) is 0. The van der Waals surface area contributed by atoms with E-state index in [1.807, 2.05) is 0 Å². The Kier molecular flexibility index (Phi) is 3.82. The van der Waals surface area contributed by atoms with E-state index in [0.29, 0.717) is 31.0 Å². The molecule has 0 radical (unpaired) electrons. The topological polar surface area (TPSA) is 38.8 Å². The third-order valence-electron chi connectivity index (χ3n) is 7.52. The second kappa shape index (κ2) is 5.98. The molecule has 4 bridgehead atoms. The van der Waals surface area contributed by atoms with Gasteiger partial charge in [0.05, 0.1) is 25.7 Å². The molecule has 5 aliphatic rings. The zero-order valence-corrected chi connectivity index (χ0v) is 15.7. The zero-order valence-electron chi connectivity index (χ0n) is 15.7. The van der Waals surface area contributed by atoms with Gasteiger partial charge in [0, 0.05) is 13.1 Å². The summed E-state index contributed by atoms with van der Waals surface area (Å²) in [5.74, 6) is 2.76. The Morgan fingerprint density at radius 3 is 2.35 bits per heavy atom. The predicted molar refractivity (Wildman–Crippen MR) is 99.2 cm³/mol. The molecule has 0 aromatic heterocycles. The Labute approximate surface area is 155 Å². The first-order valence-electron chi connectivity index (χ1n) is 10.1. The highest BCUT2D eigenvalue weighted by molar-refractivity contribution is 5.83. The first-order valence-corrected chi connectivity index (χ1v) is 10.1. The van der Waals surface area contributed by atoms with E-state index in [0.717, 1.165) is 38.1 Å². The lowest BCUT2D eigenvalue weighted by Crippen LogP contribution is -2.60. The molecule has 4 aliphatic carbocycles. The van der Waals surface area contributed by atoms with E-state index in [1.165, 1.54) is 24.8 Å². The molecule has 0 unspecified atom stereocenters. The van der Waals surface area contributed by atoms with E-state index in [2.05, 4.69) is 29.2 Å². The van der Waals surface area contributed by atoms with Crippen LogP contribution in [0.5, 0.6) is 5.75 Å². The van der Waals surface area contributed by atoms with Crippen LogP contribution in [0.1, 0.15) is 44.1 Å².